The van der Waals surface area contributed by atoms with E-state index in [0.29, 0.717) is 0 Å². The maximum Gasteiger partial charge on any atom is 0.117 e. The fourth-order valence-corrected chi connectivity index (χ4v) is 1.00. The van der Waals surface area contributed by atoms with Crippen molar-refractivity contribution in [1.29, 1.82) is 0 Å². The van der Waals surface area contributed by atoms with Gasteiger partial charge in [-0.2, -0.15) is 0 Å². The number of hydrogen-bond donors (Lipinski definition) is 1. The van der Waals surface area contributed by atoms with Gasteiger partial charge in [-0.1, -0.05) is 0 Å². The molecule has 0 saturated carbocycles. The van der Waals surface area contributed by atoms with Gasteiger partial charge in [0.1, 0.15) is 12.8 Å². The van der Waals surface area contributed by atoms with Crippen molar-refractivity contribution >= 4 is 0 Å². The van der Waals surface area contributed by atoms with E-state index < -0.39 is 12.8 Å². The van der Waals surface area contributed by atoms with Crippen LogP contribution in [0.1, 0.15) is 11.4 Å². The molecule has 0 aliphatic heterocycles. The summed E-state index contributed by atoms with van der Waals surface area (Å²) in [6.07, 6.45) is 0.695. The fourth-order valence-electron chi connectivity index (χ4n) is 1.00. The van der Waals surface area contributed by atoms with Crippen molar-refractivity contribution in [3.63, 3.8) is 0 Å². The normalized spacial score (nSPS) is 13.3. The van der Waals surface area contributed by atoms with E-state index in [4.69, 9.17) is 5.11 Å². The van der Waals surface area contributed by atoms with Crippen LogP contribution >= 0.6 is 0 Å². The van der Waals surface area contributed by atoms with Gasteiger partial charge in [0.05, 0.1) is 18.6 Å². The number of aliphatic hydroxyl groups is 1. The van der Waals surface area contributed by atoms with E-state index in [1.807, 2.05) is 13.8 Å². The van der Waals surface area contributed by atoms with Crippen LogP contribution in [-0.4, -0.2) is 27.4 Å². The van der Waals surface area contributed by atoms with Crippen molar-refractivity contribution < 1.29 is 9.50 Å². The Balaban J connectivity index is 2.69. The third-order valence-electron chi connectivity index (χ3n) is 1.93. The summed E-state index contributed by atoms with van der Waals surface area (Å²) >= 11 is 0. The molecular weight excluding hydrogens is 159 g/mol. The van der Waals surface area contributed by atoms with Crippen LogP contribution in [-0.2, 0) is 6.54 Å². The van der Waals surface area contributed by atoms with E-state index in [1.165, 1.54) is 0 Å². The summed E-state index contributed by atoms with van der Waals surface area (Å²) in [5.41, 5.74) is 1.89. The molecule has 0 fully saturated rings. The second kappa shape index (κ2) is 3.67. The Hall–Kier alpha value is -0.900. The third kappa shape index (κ3) is 1.82. The predicted octanol–water partition coefficient (Wildman–Crippen LogP) is 0.830. The van der Waals surface area contributed by atoms with E-state index in [1.54, 1.807) is 10.9 Å². The second-order valence-electron chi connectivity index (χ2n) is 2.88. The Morgan fingerprint density at radius 2 is 2.33 bits per heavy atom. The molecule has 0 amide bonds. The Morgan fingerprint density at radius 3 is 2.75 bits per heavy atom. The van der Waals surface area contributed by atoms with E-state index in [0.717, 1.165) is 11.4 Å². The van der Waals surface area contributed by atoms with Gasteiger partial charge < -0.3 is 9.67 Å². The Morgan fingerprint density at radius 1 is 1.67 bits per heavy atom. The minimum absolute atomic E-state index is 0.281. The monoisotopic (exact) mass is 172 g/mol. The molecule has 1 unspecified atom stereocenters. The lowest BCUT2D eigenvalue weighted by molar-refractivity contribution is 0.121. The summed E-state index contributed by atoms with van der Waals surface area (Å²) in [5.74, 6) is 0. The summed E-state index contributed by atoms with van der Waals surface area (Å²) in [4.78, 5) is 4.03. The molecule has 0 aliphatic rings. The topological polar surface area (TPSA) is 38.0 Å². The average Bonchev–Trinajstić information content (AvgIpc) is 2.36. The number of aliphatic hydroxyl groups excluding tert-OH is 1. The lowest BCUT2D eigenvalue weighted by atomic mass is 10.3. The Labute approximate surface area is 70.9 Å². The average molecular weight is 172 g/mol. The molecule has 3 nitrogen and oxygen atoms in total. The van der Waals surface area contributed by atoms with Crippen molar-refractivity contribution in [3.8, 4) is 0 Å². The predicted molar refractivity (Wildman–Crippen MR) is 43.7 cm³/mol. The fraction of sp³-hybridized carbons (Fsp3) is 0.625. The zero-order chi connectivity index (χ0) is 9.14. The van der Waals surface area contributed by atoms with Crippen LogP contribution in [0.15, 0.2) is 6.33 Å². The van der Waals surface area contributed by atoms with Crippen LogP contribution in [0.25, 0.3) is 0 Å². The number of alkyl halides is 1. The molecule has 1 aromatic heterocycles. The summed E-state index contributed by atoms with van der Waals surface area (Å²) in [7, 11) is 0. The van der Waals surface area contributed by atoms with Crippen molar-refractivity contribution in [1.82, 2.24) is 9.55 Å². The quantitative estimate of drug-likeness (QED) is 0.733. The highest BCUT2D eigenvalue weighted by atomic mass is 19.1. The minimum atomic E-state index is -0.919. The Bertz CT molecular complexity index is 260. The second-order valence-corrected chi connectivity index (χ2v) is 2.88. The number of rotatable bonds is 3. The van der Waals surface area contributed by atoms with Crippen LogP contribution in [0.4, 0.5) is 4.39 Å². The zero-order valence-corrected chi connectivity index (χ0v) is 7.29. The molecule has 0 aliphatic carbocycles. The molecule has 4 heteroatoms. The van der Waals surface area contributed by atoms with Gasteiger partial charge in [-0.15, -0.1) is 0 Å². The standard InChI is InChI=1S/C8H13FN2O/c1-6-7(2)11(5-10-6)4-8(12)3-9/h5,8,12H,3-4H2,1-2H3. The number of aryl methyl sites for hydroxylation is 1. The van der Waals surface area contributed by atoms with Gasteiger partial charge in [-0.05, 0) is 13.8 Å². The number of halogens is 1. The first-order valence-corrected chi connectivity index (χ1v) is 3.87. The van der Waals surface area contributed by atoms with Gasteiger partial charge in [0, 0.05) is 5.69 Å². The van der Waals surface area contributed by atoms with Crippen LogP contribution in [0.5, 0.6) is 0 Å². The van der Waals surface area contributed by atoms with Gasteiger partial charge in [0.2, 0.25) is 0 Å². The van der Waals surface area contributed by atoms with Gasteiger partial charge in [0.15, 0.2) is 0 Å². The molecule has 12 heavy (non-hydrogen) atoms. The number of nitrogens with zero attached hydrogens (tertiary/aromatic N) is 2. The lowest BCUT2D eigenvalue weighted by Crippen LogP contribution is -2.18. The number of aromatic nitrogens is 2. The maximum atomic E-state index is 11.9. The number of hydrogen-bond acceptors (Lipinski definition) is 2. The smallest absolute Gasteiger partial charge is 0.117 e. The summed E-state index contributed by atoms with van der Waals surface area (Å²) in [6.45, 7) is 3.35. The van der Waals surface area contributed by atoms with Gasteiger partial charge >= 0.3 is 0 Å². The maximum absolute atomic E-state index is 11.9. The van der Waals surface area contributed by atoms with Gasteiger partial charge in [0.25, 0.3) is 0 Å². The molecule has 1 N–H and O–H groups in total. The highest BCUT2D eigenvalue weighted by Crippen LogP contribution is 2.05. The SMILES string of the molecule is Cc1ncn(CC(O)CF)c1C. The molecule has 1 aromatic rings. The number of imidazole rings is 1. The minimum Gasteiger partial charge on any atom is -0.389 e. The van der Waals surface area contributed by atoms with E-state index in [-0.39, 0.29) is 6.54 Å². The molecule has 0 spiro atoms. The van der Waals surface area contributed by atoms with E-state index >= 15 is 0 Å². The molecule has 0 bridgehead atoms. The summed E-state index contributed by atoms with van der Waals surface area (Å²) < 4.78 is 13.7. The molecule has 1 atom stereocenters. The molecule has 0 radical (unpaired) electrons. The van der Waals surface area contributed by atoms with Gasteiger partial charge in [-0.3, -0.25) is 0 Å². The van der Waals surface area contributed by atoms with Crippen LogP contribution in [0.3, 0.4) is 0 Å². The van der Waals surface area contributed by atoms with Crippen molar-refractivity contribution in [2.45, 2.75) is 26.5 Å². The first-order chi connectivity index (χ1) is 5.65. The van der Waals surface area contributed by atoms with Crippen LogP contribution in [0, 0.1) is 13.8 Å². The van der Waals surface area contributed by atoms with Crippen molar-refractivity contribution in [2.75, 3.05) is 6.67 Å². The van der Waals surface area contributed by atoms with Crippen molar-refractivity contribution in [2.24, 2.45) is 0 Å². The summed E-state index contributed by atoms with van der Waals surface area (Å²) in [6, 6.07) is 0. The first kappa shape index (κ1) is 9.19. The molecule has 0 saturated heterocycles. The van der Waals surface area contributed by atoms with E-state index in [9.17, 15) is 4.39 Å². The lowest BCUT2D eigenvalue weighted by Gasteiger charge is -2.08. The molecule has 68 valence electrons. The van der Waals surface area contributed by atoms with Crippen LogP contribution in [0.2, 0.25) is 0 Å². The largest absolute Gasteiger partial charge is 0.389 e. The van der Waals surface area contributed by atoms with Crippen LogP contribution < -0.4 is 0 Å². The molecule has 0 aromatic carbocycles. The molecule has 1 heterocycles. The Kier molecular flexibility index (Phi) is 2.81. The zero-order valence-electron chi connectivity index (χ0n) is 7.29. The van der Waals surface area contributed by atoms with Gasteiger partial charge in [-0.25, -0.2) is 9.37 Å². The molecular formula is C8H13FN2O. The highest BCUT2D eigenvalue weighted by molar-refractivity contribution is 5.08. The highest BCUT2D eigenvalue weighted by Gasteiger charge is 2.07. The van der Waals surface area contributed by atoms with E-state index in [2.05, 4.69) is 4.98 Å². The van der Waals surface area contributed by atoms with Crippen molar-refractivity contribution in [3.05, 3.63) is 17.7 Å². The first-order valence-electron chi connectivity index (χ1n) is 3.87. The summed E-state index contributed by atoms with van der Waals surface area (Å²) in [5, 5.41) is 9.02. The molecule has 1 rings (SSSR count). The third-order valence-corrected chi connectivity index (χ3v) is 1.93.